The second-order valence-electron chi connectivity index (χ2n) is 18.4. The minimum absolute atomic E-state index is 0.0753. The van der Waals surface area contributed by atoms with Gasteiger partial charge in [-0.15, -0.1) is 0 Å². The Morgan fingerprint density at radius 3 is 2.51 bits per heavy atom. The number of fused-ring (bicyclic) bond motifs is 4. The molecule has 0 aromatic carbocycles. The molecule has 2 aliphatic heterocycles. The van der Waals surface area contributed by atoms with Gasteiger partial charge in [0.2, 0.25) is 5.91 Å². The second kappa shape index (κ2) is 11.3. The summed E-state index contributed by atoms with van der Waals surface area (Å²) in [5, 5.41) is 0. The van der Waals surface area contributed by atoms with Crippen LogP contribution in [0, 0.1) is 57.2 Å². The van der Waals surface area contributed by atoms with Crippen LogP contribution in [-0.4, -0.2) is 61.4 Å². The standard InChI is InChI=1S/C39H61NO5/c1-5-26-19-27(22-41)44-30-20-29-28-11-12-31-36(2,3)32(45-34-21-40(16-17-43-34)33(42)18-25-9-10-25)8-6-14-39(31)23-38(28,24-39)15-7-13-37(29,4)35(26)30/h22,25-32,34-35H,5-21,23-24H2,1-4H3. The predicted molar refractivity (Wildman–Crippen MR) is 173 cm³/mol. The lowest BCUT2D eigenvalue weighted by Crippen LogP contribution is -2.56. The van der Waals surface area contributed by atoms with Crippen molar-refractivity contribution in [2.24, 2.45) is 57.2 Å². The summed E-state index contributed by atoms with van der Waals surface area (Å²) in [5.74, 6) is 4.32. The Morgan fingerprint density at radius 1 is 0.956 bits per heavy atom. The Bertz CT molecular complexity index is 1140. The molecule has 45 heavy (non-hydrogen) atoms. The fourth-order valence-electron chi connectivity index (χ4n) is 14.0. The highest BCUT2D eigenvalue weighted by atomic mass is 16.7. The van der Waals surface area contributed by atoms with E-state index < -0.39 is 0 Å². The molecule has 2 heterocycles. The zero-order valence-corrected chi connectivity index (χ0v) is 28.8. The van der Waals surface area contributed by atoms with E-state index in [-0.39, 0.29) is 30.0 Å². The van der Waals surface area contributed by atoms with E-state index in [0.717, 1.165) is 31.0 Å². The highest BCUT2D eigenvalue weighted by Crippen LogP contribution is 2.77. The monoisotopic (exact) mass is 623 g/mol. The van der Waals surface area contributed by atoms with E-state index >= 15 is 0 Å². The molecule has 252 valence electrons. The highest BCUT2D eigenvalue weighted by molar-refractivity contribution is 5.76. The molecule has 2 saturated heterocycles. The van der Waals surface area contributed by atoms with Crippen LogP contribution >= 0.6 is 0 Å². The molecule has 2 spiro atoms. The lowest BCUT2D eigenvalue weighted by molar-refractivity contribution is -0.232. The van der Waals surface area contributed by atoms with Gasteiger partial charge in [0.15, 0.2) is 6.29 Å². The summed E-state index contributed by atoms with van der Waals surface area (Å²) in [6, 6.07) is 0. The molecule has 10 atom stereocenters. The fraction of sp³-hybridized carbons (Fsp3) is 0.949. The van der Waals surface area contributed by atoms with Crippen molar-refractivity contribution in [2.45, 2.75) is 155 Å². The molecule has 9 aliphatic rings. The number of nitrogens with zero attached hydrogens (tertiary/aromatic N) is 1. The summed E-state index contributed by atoms with van der Waals surface area (Å²) in [6.07, 6.45) is 20.8. The van der Waals surface area contributed by atoms with Crippen LogP contribution in [0.1, 0.15) is 130 Å². The molecule has 10 unspecified atom stereocenters. The van der Waals surface area contributed by atoms with Crippen LogP contribution in [0.2, 0.25) is 0 Å². The van der Waals surface area contributed by atoms with Gasteiger partial charge < -0.3 is 23.9 Å². The first-order chi connectivity index (χ1) is 21.6. The summed E-state index contributed by atoms with van der Waals surface area (Å²) in [6.45, 7) is 11.9. The van der Waals surface area contributed by atoms with Gasteiger partial charge in [0.1, 0.15) is 12.4 Å². The molecule has 7 aliphatic carbocycles. The van der Waals surface area contributed by atoms with Crippen molar-refractivity contribution in [1.82, 2.24) is 4.90 Å². The number of rotatable bonds is 6. The van der Waals surface area contributed by atoms with Crippen molar-refractivity contribution in [3.63, 3.8) is 0 Å². The largest absolute Gasteiger partial charge is 0.367 e. The topological polar surface area (TPSA) is 65.1 Å². The Morgan fingerprint density at radius 2 is 1.76 bits per heavy atom. The van der Waals surface area contributed by atoms with Crippen molar-refractivity contribution in [3.8, 4) is 0 Å². The van der Waals surface area contributed by atoms with Gasteiger partial charge in [-0.1, -0.05) is 47.0 Å². The maximum Gasteiger partial charge on any atom is 0.223 e. The first-order valence-electron chi connectivity index (χ1n) is 19.3. The second-order valence-corrected chi connectivity index (χ2v) is 18.4. The number of amides is 1. The van der Waals surface area contributed by atoms with Crippen molar-refractivity contribution in [2.75, 3.05) is 19.7 Å². The Hall–Kier alpha value is -0.980. The van der Waals surface area contributed by atoms with Gasteiger partial charge in [0.25, 0.3) is 0 Å². The molecule has 0 radical (unpaired) electrons. The Kier molecular flexibility index (Phi) is 7.85. The summed E-state index contributed by atoms with van der Waals surface area (Å²) >= 11 is 0. The van der Waals surface area contributed by atoms with E-state index in [4.69, 9.17) is 14.2 Å². The van der Waals surface area contributed by atoms with Crippen molar-refractivity contribution in [3.05, 3.63) is 0 Å². The van der Waals surface area contributed by atoms with Crippen LogP contribution in [0.4, 0.5) is 0 Å². The number of morpholine rings is 1. The quantitative estimate of drug-likeness (QED) is 0.286. The van der Waals surface area contributed by atoms with E-state index in [2.05, 4.69) is 27.7 Å². The fourth-order valence-corrected chi connectivity index (χ4v) is 14.0. The van der Waals surface area contributed by atoms with Crippen molar-refractivity contribution in [1.29, 1.82) is 0 Å². The number of hydrogen-bond donors (Lipinski definition) is 0. The van der Waals surface area contributed by atoms with Crippen molar-refractivity contribution >= 4 is 12.2 Å². The molecule has 2 bridgehead atoms. The average molecular weight is 624 g/mol. The normalized spacial score (nSPS) is 50.4. The van der Waals surface area contributed by atoms with Crippen LogP contribution < -0.4 is 0 Å². The molecule has 7 saturated carbocycles. The van der Waals surface area contributed by atoms with E-state index in [1.807, 2.05) is 4.90 Å². The number of hydrogen-bond acceptors (Lipinski definition) is 5. The third-order valence-corrected chi connectivity index (χ3v) is 15.9. The highest BCUT2D eigenvalue weighted by Gasteiger charge is 2.70. The lowest BCUT2D eigenvalue weighted by Gasteiger charge is -2.63. The van der Waals surface area contributed by atoms with E-state index in [9.17, 15) is 9.59 Å². The van der Waals surface area contributed by atoms with Gasteiger partial charge in [0.05, 0.1) is 25.4 Å². The molecular weight excluding hydrogens is 562 g/mol. The van der Waals surface area contributed by atoms with Crippen LogP contribution in [0.25, 0.3) is 0 Å². The number of ether oxygens (including phenoxy) is 3. The van der Waals surface area contributed by atoms with Gasteiger partial charge in [-0.3, -0.25) is 4.79 Å². The summed E-state index contributed by atoms with van der Waals surface area (Å²) in [5.41, 5.74) is 1.37. The number of carbonyl (C=O) groups excluding carboxylic acids is 2. The zero-order valence-electron chi connectivity index (χ0n) is 28.8. The first-order valence-corrected chi connectivity index (χ1v) is 19.3. The molecule has 1 amide bonds. The van der Waals surface area contributed by atoms with Gasteiger partial charge >= 0.3 is 0 Å². The smallest absolute Gasteiger partial charge is 0.223 e. The summed E-state index contributed by atoms with van der Waals surface area (Å²) < 4.78 is 19.7. The third kappa shape index (κ3) is 5.03. The molecule has 0 N–H and O–H groups in total. The third-order valence-electron chi connectivity index (χ3n) is 15.9. The number of aldehydes is 1. The lowest BCUT2D eigenvalue weighted by atomic mass is 9.42. The Balaban J connectivity index is 1.01. The SMILES string of the molecule is CCC1CC(C=O)OC2CC3C4CCC5C6(CCCC(OC7CN(C(=O)CC8CC8)CCO7)C5(C)C)CC4(CCCC3(C)C12)C6. The molecule has 9 rings (SSSR count). The van der Waals surface area contributed by atoms with Gasteiger partial charge in [-0.25, -0.2) is 0 Å². The van der Waals surface area contributed by atoms with Crippen LogP contribution in [0.15, 0.2) is 0 Å². The minimum Gasteiger partial charge on any atom is -0.367 e. The predicted octanol–water partition coefficient (Wildman–Crippen LogP) is 7.57. The van der Waals surface area contributed by atoms with Crippen molar-refractivity contribution < 1.29 is 23.8 Å². The van der Waals surface area contributed by atoms with Crippen LogP contribution in [0.5, 0.6) is 0 Å². The van der Waals surface area contributed by atoms with E-state index in [1.54, 1.807) is 0 Å². The van der Waals surface area contributed by atoms with Crippen LogP contribution in [0.3, 0.4) is 0 Å². The maximum absolute atomic E-state index is 12.9. The molecule has 9 fully saturated rings. The molecule has 6 heteroatoms. The van der Waals surface area contributed by atoms with Crippen LogP contribution in [-0.2, 0) is 23.8 Å². The Labute approximate surface area is 272 Å². The number of carbonyl (C=O) groups is 2. The van der Waals surface area contributed by atoms with E-state index in [0.29, 0.717) is 71.9 Å². The summed E-state index contributed by atoms with van der Waals surface area (Å²) in [4.78, 5) is 26.9. The maximum atomic E-state index is 12.9. The van der Waals surface area contributed by atoms with E-state index in [1.165, 1.54) is 83.5 Å². The zero-order chi connectivity index (χ0) is 31.2. The first kappa shape index (κ1) is 31.3. The average Bonchev–Trinajstić information content (AvgIpc) is 3.83. The summed E-state index contributed by atoms with van der Waals surface area (Å²) in [7, 11) is 0. The molecule has 6 nitrogen and oxygen atoms in total. The molecular formula is C39H61NO5. The van der Waals surface area contributed by atoms with Gasteiger partial charge in [0, 0.05) is 13.0 Å². The van der Waals surface area contributed by atoms with Gasteiger partial charge in [-0.2, -0.15) is 0 Å². The molecule has 0 aromatic rings. The molecule has 0 aromatic heterocycles. The van der Waals surface area contributed by atoms with Gasteiger partial charge in [-0.05, 0) is 134 Å². The minimum atomic E-state index is -0.297.